The summed E-state index contributed by atoms with van der Waals surface area (Å²) in [5.41, 5.74) is 5.47. The lowest BCUT2D eigenvalue weighted by Gasteiger charge is -2.49. The van der Waals surface area contributed by atoms with E-state index in [1.165, 1.54) is 34.6 Å². The number of carboxylic acids is 1. The van der Waals surface area contributed by atoms with Gasteiger partial charge in [0.1, 0.15) is 17.1 Å². The molecule has 1 aromatic carbocycles. The van der Waals surface area contributed by atoms with E-state index in [-0.39, 0.29) is 35.7 Å². The van der Waals surface area contributed by atoms with Crippen molar-refractivity contribution >= 4 is 57.3 Å². The Morgan fingerprint density at radius 2 is 2.00 bits per heavy atom. The van der Waals surface area contributed by atoms with E-state index in [9.17, 15) is 37.3 Å². The zero-order valence-electron chi connectivity index (χ0n) is 19.4. The van der Waals surface area contributed by atoms with Crippen molar-refractivity contribution in [3.63, 3.8) is 0 Å². The molecule has 2 aromatic rings. The van der Waals surface area contributed by atoms with Gasteiger partial charge in [0.05, 0.1) is 17.9 Å². The van der Waals surface area contributed by atoms with Gasteiger partial charge in [-0.1, -0.05) is 30.0 Å². The van der Waals surface area contributed by atoms with Crippen LogP contribution in [0.15, 0.2) is 45.6 Å². The summed E-state index contributed by atoms with van der Waals surface area (Å²) in [6.45, 7) is 0.160. The number of nitrogens with one attached hydrogen (secondary N) is 1. The van der Waals surface area contributed by atoms with Crippen LogP contribution in [-0.4, -0.2) is 89.8 Å². The zero-order valence-corrected chi connectivity index (χ0v) is 21.8. The van der Waals surface area contributed by atoms with Crippen LogP contribution in [0, 0.1) is 0 Å². The monoisotopic (exact) mass is 583 g/mol. The number of carboxylic acid groups (broad SMARTS) is 1. The zero-order chi connectivity index (χ0) is 27.6. The average Bonchev–Trinajstić information content (AvgIpc) is 3.31. The lowest BCUT2D eigenvalue weighted by atomic mass is 10.0. The second kappa shape index (κ2) is 11.1. The summed E-state index contributed by atoms with van der Waals surface area (Å²) in [7, 11) is -4.55. The fraction of sp³-hybridized carbons (Fsp3) is 0.350. The van der Waals surface area contributed by atoms with Gasteiger partial charge in [0.15, 0.2) is 0 Å². The standard InChI is InChI=1S/C20H21N7O8S3/c21-13(28)5-6-26-20(23-24-25-26)37-9-11-8-36-18-15(17(30)27(18)16(11)19(31)32)22-14(29)7-10-3-1-2-4-12(10)38(33,34)35/h1-4,15,18H,5-9H2,(H2,21,28)(H,22,29)(H,31,32)(H,33,34,35)/t15?,18-/m1/s1. The normalized spacial score (nSPS) is 19.1. The summed E-state index contributed by atoms with van der Waals surface area (Å²) in [6.07, 6.45) is -0.388. The molecule has 18 heteroatoms. The first kappa shape index (κ1) is 27.6. The number of β-lactam (4-membered cyclic amide) rings is 1. The van der Waals surface area contributed by atoms with Crippen LogP contribution in [-0.2, 0) is 42.3 Å². The molecule has 0 spiro atoms. The smallest absolute Gasteiger partial charge is 0.352 e. The predicted octanol–water partition coefficient (Wildman–Crippen LogP) is -1.13. The molecule has 0 bridgehead atoms. The van der Waals surface area contributed by atoms with E-state index >= 15 is 0 Å². The molecule has 2 aliphatic heterocycles. The molecule has 3 heterocycles. The van der Waals surface area contributed by atoms with Crippen LogP contribution in [0.5, 0.6) is 0 Å². The van der Waals surface area contributed by atoms with Crippen molar-refractivity contribution in [2.24, 2.45) is 5.73 Å². The van der Waals surface area contributed by atoms with Crippen LogP contribution in [0.2, 0.25) is 0 Å². The average molecular weight is 584 g/mol. The van der Waals surface area contributed by atoms with E-state index < -0.39 is 56.5 Å². The van der Waals surface area contributed by atoms with Crippen molar-refractivity contribution < 1.29 is 37.3 Å². The van der Waals surface area contributed by atoms with Crippen molar-refractivity contribution in [3.8, 4) is 0 Å². The molecule has 1 unspecified atom stereocenters. The third-order valence-corrected chi connectivity index (χ3v) is 8.95. The van der Waals surface area contributed by atoms with E-state index in [2.05, 4.69) is 20.8 Å². The molecule has 5 N–H and O–H groups in total. The number of carbonyl (C=O) groups excluding carboxylic acids is 3. The predicted molar refractivity (Wildman–Crippen MR) is 132 cm³/mol. The largest absolute Gasteiger partial charge is 0.477 e. The maximum absolute atomic E-state index is 12.9. The van der Waals surface area contributed by atoms with Gasteiger partial charge in [-0.25, -0.2) is 9.48 Å². The number of amides is 3. The molecule has 0 saturated carbocycles. The Morgan fingerprint density at radius 1 is 1.26 bits per heavy atom. The van der Waals surface area contributed by atoms with Crippen LogP contribution < -0.4 is 11.1 Å². The van der Waals surface area contributed by atoms with E-state index in [1.807, 2.05) is 0 Å². The Hall–Kier alpha value is -3.48. The van der Waals surface area contributed by atoms with Gasteiger partial charge in [0, 0.05) is 17.9 Å². The van der Waals surface area contributed by atoms with E-state index in [4.69, 9.17) is 5.73 Å². The Balaban J connectivity index is 1.43. The maximum Gasteiger partial charge on any atom is 0.352 e. The molecular formula is C20H21N7O8S3. The number of carbonyl (C=O) groups is 4. The number of fused-ring (bicyclic) bond motifs is 1. The molecular weight excluding hydrogens is 562 g/mol. The van der Waals surface area contributed by atoms with Crippen molar-refractivity contribution in [2.45, 2.75) is 40.9 Å². The Bertz CT molecular complexity index is 1440. The van der Waals surface area contributed by atoms with E-state index in [0.717, 1.165) is 22.7 Å². The van der Waals surface area contributed by atoms with Crippen molar-refractivity contribution in [1.82, 2.24) is 30.4 Å². The minimum absolute atomic E-state index is 0.0238. The summed E-state index contributed by atoms with van der Waals surface area (Å²) in [6, 6.07) is 4.42. The maximum atomic E-state index is 12.9. The number of benzene rings is 1. The number of aliphatic carboxylic acids is 1. The summed E-state index contributed by atoms with van der Waals surface area (Å²) >= 11 is 2.41. The molecule has 0 radical (unpaired) electrons. The third kappa shape index (κ3) is 5.82. The Kier molecular flexibility index (Phi) is 8.05. The first-order valence-corrected chi connectivity index (χ1v) is 14.4. The fourth-order valence-electron chi connectivity index (χ4n) is 3.90. The van der Waals surface area contributed by atoms with Crippen LogP contribution in [0.4, 0.5) is 0 Å². The molecule has 1 fully saturated rings. The summed E-state index contributed by atoms with van der Waals surface area (Å²) in [5.74, 6) is -2.70. The minimum atomic E-state index is -4.55. The molecule has 1 saturated heterocycles. The molecule has 202 valence electrons. The summed E-state index contributed by atoms with van der Waals surface area (Å²) in [5, 5.41) is 23.3. The summed E-state index contributed by atoms with van der Waals surface area (Å²) in [4.78, 5) is 49.3. The number of hydrogen-bond acceptors (Lipinski definition) is 11. The van der Waals surface area contributed by atoms with Crippen molar-refractivity contribution in [1.29, 1.82) is 0 Å². The second-order valence-corrected chi connectivity index (χ2v) is 11.6. The third-order valence-electron chi connectivity index (χ3n) is 5.61. The molecule has 15 nitrogen and oxygen atoms in total. The highest BCUT2D eigenvalue weighted by Crippen LogP contribution is 2.41. The highest BCUT2D eigenvalue weighted by atomic mass is 32.2. The number of aryl methyl sites for hydroxylation is 1. The molecule has 4 rings (SSSR count). The number of rotatable bonds is 11. The first-order chi connectivity index (χ1) is 18.0. The first-order valence-electron chi connectivity index (χ1n) is 10.9. The fourth-order valence-corrected chi connectivity index (χ4v) is 7.01. The lowest BCUT2D eigenvalue weighted by molar-refractivity contribution is -0.150. The number of nitrogens with zero attached hydrogens (tertiary/aromatic N) is 5. The van der Waals surface area contributed by atoms with E-state index in [0.29, 0.717) is 10.7 Å². The van der Waals surface area contributed by atoms with Gasteiger partial charge in [-0.05, 0) is 27.6 Å². The SMILES string of the molecule is NC(=O)CCn1nnnc1SCC1=C(C(=O)O)N2C(=O)C(NC(=O)Cc3ccccc3S(=O)(=O)O)[C@H]2SC1. The molecule has 38 heavy (non-hydrogen) atoms. The quantitative estimate of drug-likeness (QED) is 0.140. The van der Waals surface area contributed by atoms with Crippen LogP contribution in [0.3, 0.4) is 0 Å². The highest BCUT2D eigenvalue weighted by Gasteiger charge is 2.54. The van der Waals surface area contributed by atoms with E-state index in [1.54, 1.807) is 0 Å². The molecule has 2 atom stereocenters. The summed E-state index contributed by atoms with van der Waals surface area (Å²) < 4.78 is 33.9. The number of tetrazole rings is 1. The van der Waals surface area contributed by atoms with Crippen molar-refractivity contribution in [2.75, 3.05) is 11.5 Å². The van der Waals surface area contributed by atoms with Gasteiger partial charge in [-0.2, -0.15) is 8.42 Å². The highest BCUT2D eigenvalue weighted by molar-refractivity contribution is 8.01. The minimum Gasteiger partial charge on any atom is -0.477 e. The van der Waals surface area contributed by atoms with Crippen LogP contribution >= 0.6 is 23.5 Å². The van der Waals surface area contributed by atoms with Crippen molar-refractivity contribution in [3.05, 3.63) is 41.1 Å². The van der Waals surface area contributed by atoms with Gasteiger partial charge < -0.3 is 16.2 Å². The topological polar surface area (TPSA) is 228 Å². The molecule has 1 aromatic heterocycles. The van der Waals surface area contributed by atoms with Crippen LogP contribution in [0.25, 0.3) is 0 Å². The van der Waals surface area contributed by atoms with Gasteiger partial charge in [-0.3, -0.25) is 23.8 Å². The second-order valence-electron chi connectivity index (χ2n) is 8.16. The van der Waals surface area contributed by atoms with Gasteiger partial charge in [-0.15, -0.1) is 16.9 Å². The number of nitrogens with two attached hydrogens (primary N) is 1. The molecule has 2 aliphatic rings. The molecule has 3 amide bonds. The van der Waals surface area contributed by atoms with Gasteiger partial charge in [0.2, 0.25) is 17.0 Å². The number of hydrogen-bond donors (Lipinski definition) is 4. The molecule has 0 aliphatic carbocycles. The Labute approximate surface area is 223 Å². The lowest BCUT2D eigenvalue weighted by Crippen LogP contribution is -2.70. The number of thioether (sulfide) groups is 2. The van der Waals surface area contributed by atoms with Crippen LogP contribution in [0.1, 0.15) is 12.0 Å². The Morgan fingerprint density at radius 3 is 2.68 bits per heavy atom. The van der Waals surface area contributed by atoms with Gasteiger partial charge >= 0.3 is 5.97 Å². The number of primary amides is 1. The number of aromatic nitrogens is 4. The van der Waals surface area contributed by atoms with Gasteiger partial charge in [0.25, 0.3) is 16.0 Å².